The average Bonchev–Trinajstić information content (AvgIpc) is 3.51. The van der Waals surface area contributed by atoms with Gasteiger partial charge in [0.1, 0.15) is 5.82 Å². The van der Waals surface area contributed by atoms with Gasteiger partial charge in [-0.15, -0.1) is 21.5 Å². The van der Waals surface area contributed by atoms with Crippen LogP contribution in [0.5, 0.6) is 0 Å². The monoisotopic (exact) mass is 491 g/mol. The second kappa shape index (κ2) is 12.2. The maximum Gasteiger partial charge on any atom is 0.321 e. The molecule has 0 aliphatic rings. The van der Waals surface area contributed by atoms with Crippen molar-refractivity contribution in [1.82, 2.24) is 25.4 Å². The molecule has 0 aliphatic heterocycles. The maximum atomic E-state index is 12.3. The number of nitrogens with one attached hydrogen (secondary N) is 2. The number of thioether (sulfide) groups is 1. The molecule has 7 nitrogen and oxygen atoms in total. The Morgan fingerprint density at radius 3 is 2.35 bits per heavy atom. The Bertz CT molecular complexity index is 1190. The lowest BCUT2D eigenvalue weighted by molar-refractivity contribution is -0.117. The van der Waals surface area contributed by atoms with Crippen LogP contribution in [0.3, 0.4) is 0 Å². The van der Waals surface area contributed by atoms with Crippen molar-refractivity contribution >= 4 is 35.0 Å². The van der Waals surface area contributed by atoms with Crippen molar-refractivity contribution < 1.29 is 9.59 Å². The molecule has 2 heterocycles. The Balaban J connectivity index is 1.34. The molecule has 9 heteroatoms. The summed E-state index contributed by atoms with van der Waals surface area (Å²) in [5, 5.41) is 16.5. The first kappa shape index (κ1) is 23.7. The van der Waals surface area contributed by atoms with Crippen LogP contribution in [0.2, 0.25) is 0 Å². The predicted molar refractivity (Wildman–Crippen MR) is 135 cm³/mol. The summed E-state index contributed by atoms with van der Waals surface area (Å²) in [6, 6.07) is 23.4. The van der Waals surface area contributed by atoms with E-state index in [2.05, 4.69) is 43.6 Å². The second-order valence-corrected chi connectivity index (χ2v) is 9.52. The molecule has 0 spiro atoms. The second-order valence-electron chi connectivity index (χ2n) is 7.55. The SMILES string of the molecule is O=C(CSc1nnc(Cc2cccs2)n1CCc1ccccc1)NC(=O)NCc1ccccc1. The minimum atomic E-state index is -0.515. The zero-order valence-electron chi connectivity index (χ0n) is 18.5. The van der Waals surface area contributed by atoms with Crippen molar-refractivity contribution in [1.29, 1.82) is 0 Å². The van der Waals surface area contributed by atoms with Gasteiger partial charge in [0.25, 0.3) is 0 Å². The third-order valence-corrected chi connectivity index (χ3v) is 6.90. The maximum absolute atomic E-state index is 12.3. The number of amides is 3. The standard InChI is InChI=1S/C25H25N5O2S2/c31-23(27-24(32)26-17-20-10-5-2-6-11-20)18-34-25-29-28-22(16-21-12-7-15-33-21)30(25)14-13-19-8-3-1-4-9-19/h1-12,15H,13-14,16-18H2,(H2,26,27,31,32). The molecule has 2 N–H and O–H groups in total. The Hall–Kier alpha value is -3.43. The minimum absolute atomic E-state index is 0.0707. The van der Waals surface area contributed by atoms with E-state index in [4.69, 9.17) is 0 Å². The zero-order chi connectivity index (χ0) is 23.6. The fourth-order valence-corrected chi connectivity index (χ4v) is 4.84. The van der Waals surface area contributed by atoms with Crippen molar-refractivity contribution in [2.45, 2.75) is 31.1 Å². The molecule has 0 aliphatic carbocycles. The molecule has 0 radical (unpaired) electrons. The average molecular weight is 492 g/mol. The lowest BCUT2D eigenvalue weighted by Crippen LogP contribution is -2.40. The van der Waals surface area contributed by atoms with Crippen LogP contribution in [0.4, 0.5) is 4.79 Å². The minimum Gasteiger partial charge on any atom is -0.334 e. The Morgan fingerprint density at radius 1 is 0.912 bits per heavy atom. The molecule has 4 aromatic rings. The van der Waals surface area contributed by atoms with Crippen molar-refractivity contribution in [3.8, 4) is 0 Å². The van der Waals surface area contributed by atoms with Gasteiger partial charge in [-0.25, -0.2) is 4.79 Å². The lowest BCUT2D eigenvalue weighted by atomic mass is 10.1. The van der Waals surface area contributed by atoms with Gasteiger partial charge >= 0.3 is 6.03 Å². The van der Waals surface area contributed by atoms with Gasteiger partial charge in [-0.1, -0.05) is 78.5 Å². The number of benzene rings is 2. The van der Waals surface area contributed by atoms with Crippen LogP contribution < -0.4 is 10.6 Å². The van der Waals surface area contributed by atoms with Crippen LogP contribution in [0, 0.1) is 0 Å². The van der Waals surface area contributed by atoms with Gasteiger partial charge in [0.2, 0.25) is 5.91 Å². The van der Waals surface area contributed by atoms with Crippen molar-refractivity contribution in [2.75, 3.05) is 5.75 Å². The number of aromatic nitrogens is 3. The van der Waals surface area contributed by atoms with E-state index in [-0.39, 0.29) is 11.7 Å². The van der Waals surface area contributed by atoms with Crippen LogP contribution >= 0.6 is 23.1 Å². The highest BCUT2D eigenvalue weighted by atomic mass is 32.2. The number of rotatable bonds is 10. The summed E-state index contributed by atoms with van der Waals surface area (Å²) < 4.78 is 2.07. The lowest BCUT2D eigenvalue weighted by Gasteiger charge is -2.10. The molecule has 0 fully saturated rings. The fourth-order valence-electron chi connectivity index (χ4n) is 3.35. The third kappa shape index (κ3) is 7.03. The number of urea groups is 1. The van der Waals surface area contributed by atoms with Crippen molar-refractivity contribution in [2.24, 2.45) is 0 Å². The Kier molecular flexibility index (Phi) is 8.48. The normalized spacial score (nSPS) is 10.7. The molecule has 0 bridgehead atoms. The molecular weight excluding hydrogens is 466 g/mol. The van der Waals surface area contributed by atoms with Crippen LogP contribution in [0.1, 0.15) is 21.8 Å². The summed E-state index contributed by atoms with van der Waals surface area (Å²) in [6.07, 6.45) is 1.52. The predicted octanol–water partition coefficient (Wildman–Crippen LogP) is 4.29. The Labute approximate surface area is 206 Å². The summed E-state index contributed by atoms with van der Waals surface area (Å²) in [7, 11) is 0. The molecular formula is C25H25N5O2S2. The number of hydrogen-bond acceptors (Lipinski definition) is 6. The van der Waals surface area contributed by atoms with Crippen molar-refractivity contribution in [3.63, 3.8) is 0 Å². The van der Waals surface area contributed by atoms with E-state index >= 15 is 0 Å². The summed E-state index contributed by atoms with van der Waals surface area (Å²) in [5.74, 6) is 0.552. The van der Waals surface area contributed by atoms with E-state index in [1.807, 2.05) is 60.0 Å². The number of aryl methyl sites for hydroxylation is 1. The molecule has 0 unspecified atom stereocenters. The zero-order valence-corrected chi connectivity index (χ0v) is 20.1. The van der Waals surface area contributed by atoms with Crippen LogP contribution in [-0.2, 0) is 30.7 Å². The smallest absolute Gasteiger partial charge is 0.321 e. The van der Waals surface area contributed by atoms with Gasteiger partial charge in [0.15, 0.2) is 5.16 Å². The van der Waals surface area contributed by atoms with E-state index in [0.29, 0.717) is 24.7 Å². The van der Waals surface area contributed by atoms with Crippen molar-refractivity contribution in [3.05, 3.63) is 100 Å². The first-order chi connectivity index (χ1) is 16.7. The van der Waals surface area contributed by atoms with Gasteiger partial charge in [-0.05, 0) is 29.0 Å². The van der Waals surface area contributed by atoms with Gasteiger partial charge in [-0.2, -0.15) is 0 Å². The highest BCUT2D eigenvalue weighted by Crippen LogP contribution is 2.21. The third-order valence-electron chi connectivity index (χ3n) is 5.05. The molecule has 3 amide bonds. The molecule has 0 saturated heterocycles. The van der Waals surface area contributed by atoms with Gasteiger partial charge in [0, 0.05) is 24.4 Å². The summed E-state index contributed by atoms with van der Waals surface area (Å²) in [6.45, 7) is 1.06. The summed E-state index contributed by atoms with van der Waals surface area (Å²) in [5.41, 5.74) is 2.19. The highest BCUT2D eigenvalue weighted by molar-refractivity contribution is 7.99. The number of nitrogens with zero attached hydrogens (tertiary/aromatic N) is 3. The molecule has 2 aromatic carbocycles. The largest absolute Gasteiger partial charge is 0.334 e. The van der Waals surface area contributed by atoms with Gasteiger partial charge in [0.05, 0.1) is 5.75 Å². The molecule has 4 rings (SSSR count). The van der Waals surface area contributed by atoms with Gasteiger partial charge < -0.3 is 9.88 Å². The van der Waals surface area contributed by atoms with E-state index in [1.165, 1.54) is 22.2 Å². The van der Waals surface area contributed by atoms with Crippen LogP contribution in [-0.4, -0.2) is 32.5 Å². The molecule has 0 atom stereocenters. The number of imide groups is 1. The number of thiophene rings is 1. The topological polar surface area (TPSA) is 88.9 Å². The fraction of sp³-hybridized carbons (Fsp3) is 0.200. The van der Waals surface area contributed by atoms with Gasteiger partial charge in [-0.3, -0.25) is 10.1 Å². The molecule has 34 heavy (non-hydrogen) atoms. The quantitative estimate of drug-likeness (QED) is 0.323. The van der Waals surface area contributed by atoms with E-state index in [1.54, 1.807) is 11.3 Å². The van der Waals surface area contributed by atoms with E-state index in [9.17, 15) is 9.59 Å². The number of carbonyl (C=O) groups excluding carboxylic acids is 2. The number of hydrogen-bond donors (Lipinski definition) is 2. The summed E-state index contributed by atoms with van der Waals surface area (Å²) >= 11 is 2.96. The molecule has 174 valence electrons. The number of carbonyl (C=O) groups is 2. The summed E-state index contributed by atoms with van der Waals surface area (Å²) in [4.78, 5) is 25.6. The Morgan fingerprint density at radius 2 is 1.65 bits per heavy atom. The first-order valence-corrected chi connectivity index (χ1v) is 12.8. The van der Waals surface area contributed by atoms with Crippen LogP contribution in [0.15, 0.2) is 83.3 Å². The van der Waals surface area contributed by atoms with E-state index in [0.717, 1.165) is 17.8 Å². The van der Waals surface area contributed by atoms with Crippen LogP contribution in [0.25, 0.3) is 0 Å². The first-order valence-electron chi connectivity index (χ1n) is 10.9. The molecule has 2 aromatic heterocycles. The highest BCUT2D eigenvalue weighted by Gasteiger charge is 2.16. The van der Waals surface area contributed by atoms with E-state index < -0.39 is 6.03 Å². The molecule has 0 saturated carbocycles.